The molecular formula is C12H18BrClN2OS. The van der Waals surface area contributed by atoms with Crippen molar-refractivity contribution in [1.29, 1.82) is 0 Å². The van der Waals surface area contributed by atoms with Crippen LogP contribution in [0.4, 0.5) is 0 Å². The van der Waals surface area contributed by atoms with Crippen molar-refractivity contribution in [2.75, 3.05) is 13.1 Å². The summed E-state index contributed by atoms with van der Waals surface area (Å²) in [5.41, 5.74) is 5.81. The van der Waals surface area contributed by atoms with Crippen LogP contribution in [0, 0.1) is 5.92 Å². The second-order valence-corrected chi connectivity index (χ2v) is 6.99. The zero-order valence-electron chi connectivity index (χ0n) is 10.3. The number of carbonyl (C=O) groups excluding carboxylic acids is 1. The number of hydrogen-bond acceptors (Lipinski definition) is 3. The maximum absolute atomic E-state index is 12.4. The summed E-state index contributed by atoms with van der Waals surface area (Å²) in [5, 5.41) is 0. The molecule has 1 aliphatic rings. The topological polar surface area (TPSA) is 46.3 Å². The van der Waals surface area contributed by atoms with E-state index in [1.807, 2.05) is 17.0 Å². The van der Waals surface area contributed by atoms with Crippen molar-refractivity contribution >= 4 is 45.6 Å². The Morgan fingerprint density at radius 3 is 2.89 bits per heavy atom. The smallest absolute Gasteiger partial charge is 0.264 e. The average Bonchev–Trinajstić information content (AvgIpc) is 2.74. The van der Waals surface area contributed by atoms with Crippen LogP contribution >= 0.6 is 39.7 Å². The fourth-order valence-electron chi connectivity index (χ4n) is 2.43. The van der Waals surface area contributed by atoms with E-state index in [1.165, 1.54) is 17.8 Å². The van der Waals surface area contributed by atoms with Gasteiger partial charge in [0.1, 0.15) is 0 Å². The van der Waals surface area contributed by atoms with E-state index in [1.54, 1.807) is 0 Å². The van der Waals surface area contributed by atoms with E-state index in [0.717, 1.165) is 21.6 Å². The van der Waals surface area contributed by atoms with Crippen molar-refractivity contribution < 1.29 is 4.79 Å². The van der Waals surface area contributed by atoms with Gasteiger partial charge in [-0.3, -0.25) is 4.79 Å². The molecule has 1 fully saturated rings. The zero-order chi connectivity index (χ0) is 12.4. The highest BCUT2D eigenvalue weighted by Gasteiger charge is 2.31. The third kappa shape index (κ3) is 3.26. The molecule has 0 saturated carbocycles. The van der Waals surface area contributed by atoms with E-state index < -0.39 is 0 Å². The number of likely N-dealkylation sites (tertiary alicyclic amines) is 1. The molecule has 1 aromatic heterocycles. The Morgan fingerprint density at radius 1 is 1.61 bits per heavy atom. The van der Waals surface area contributed by atoms with Gasteiger partial charge in [0.2, 0.25) is 0 Å². The minimum absolute atomic E-state index is 0. The highest BCUT2D eigenvalue weighted by atomic mass is 79.9. The summed E-state index contributed by atoms with van der Waals surface area (Å²) in [7, 11) is 0. The number of piperidine rings is 1. The van der Waals surface area contributed by atoms with Crippen LogP contribution in [0.2, 0.25) is 0 Å². The summed E-state index contributed by atoms with van der Waals surface area (Å²) in [6, 6.07) is 3.99. The molecule has 2 rings (SSSR count). The zero-order valence-corrected chi connectivity index (χ0v) is 13.5. The van der Waals surface area contributed by atoms with Gasteiger partial charge in [0, 0.05) is 19.1 Å². The first-order valence-electron chi connectivity index (χ1n) is 5.90. The number of nitrogens with two attached hydrogens (primary N) is 1. The van der Waals surface area contributed by atoms with Gasteiger partial charge in [-0.2, -0.15) is 0 Å². The lowest BCUT2D eigenvalue weighted by molar-refractivity contribution is 0.0537. The van der Waals surface area contributed by atoms with Gasteiger partial charge in [0.05, 0.1) is 8.66 Å². The number of carbonyl (C=O) groups is 1. The van der Waals surface area contributed by atoms with Crippen LogP contribution in [-0.2, 0) is 0 Å². The Bertz CT molecular complexity index is 413. The maximum Gasteiger partial charge on any atom is 0.264 e. The fraction of sp³-hybridized carbons (Fsp3) is 0.583. The van der Waals surface area contributed by atoms with Crippen molar-refractivity contribution in [1.82, 2.24) is 4.90 Å². The first kappa shape index (κ1) is 16.0. The molecule has 1 saturated heterocycles. The monoisotopic (exact) mass is 352 g/mol. The number of thiophene rings is 1. The van der Waals surface area contributed by atoms with Crippen LogP contribution in [0.5, 0.6) is 0 Å². The predicted octanol–water partition coefficient (Wildman–Crippen LogP) is 3.13. The second kappa shape index (κ2) is 6.89. The van der Waals surface area contributed by atoms with Gasteiger partial charge >= 0.3 is 0 Å². The number of halogens is 2. The molecule has 3 nitrogen and oxygen atoms in total. The van der Waals surface area contributed by atoms with Gasteiger partial charge in [0.25, 0.3) is 5.91 Å². The van der Waals surface area contributed by atoms with Gasteiger partial charge in [-0.15, -0.1) is 23.7 Å². The molecule has 0 aromatic carbocycles. The molecule has 18 heavy (non-hydrogen) atoms. The Hall–Kier alpha value is -0.100. The quantitative estimate of drug-likeness (QED) is 0.888. The van der Waals surface area contributed by atoms with Gasteiger partial charge in [-0.25, -0.2) is 0 Å². The molecule has 2 unspecified atom stereocenters. The Morgan fingerprint density at radius 2 is 2.33 bits per heavy atom. The van der Waals surface area contributed by atoms with Crippen molar-refractivity contribution in [2.24, 2.45) is 11.7 Å². The second-order valence-electron chi connectivity index (χ2n) is 4.52. The molecule has 2 heterocycles. The average molecular weight is 354 g/mol. The van der Waals surface area contributed by atoms with E-state index in [4.69, 9.17) is 5.73 Å². The lowest BCUT2D eigenvalue weighted by Crippen LogP contribution is -2.51. The number of hydrogen-bond donors (Lipinski definition) is 1. The van der Waals surface area contributed by atoms with Gasteiger partial charge in [0.15, 0.2) is 0 Å². The van der Waals surface area contributed by atoms with E-state index in [9.17, 15) is 4.79 Å². The van der Waals surface area contributed by atoms with Crippen LogP contribution < -0.4 is 5.73 Å². The molecule has 1 amide bonds. The number of nitrogens with zero attached hydrogens (tertiary/aromatic N) is 1. The Kier molecular flexibility index (Phi) is 6.11. The SMILES string of the molecule is CC1CCCN(C(=O)c2ccc(Br)s2)C1CN.Cl. The van der Waals surface area contributed by atoms with Crippen LogP contribution in [0.3, 0.4) is 0 Å². The van der Waals surface area contributed by atoms with Crippen molar-refractivity contribution in [3.63, 3.8) is 0 Å². The minimum atomic E-state index is 0. The molecule has 0 bridgehead atoms. The van der Waals surface area contributed by atoms with Crippen LogP contribution in [0.25, 0.3) is 0 Å². The van der Waals surface area contributed by atoms with Gasteiger partial charge in [-0.1, -0.05) is 6.92 Å². The van der Waals surface area contributed by atoms with Crippen molar-refractivity contribution in [3.8, 4) is 0 Å². The predicted molar refractivity (Wildman–Crippen MR) is 81.5 cm³/mol. The number of rotatable bonds is 2. The Balaban J connectivity index is 0.00000162. The van der Waals surface area contributed by atoms with Gasteiger partial charge in [-0.05, 0) is 46.8 Å². The summed E-state index contributed by atoms with van der Waals surface area (Å²) >= 11 is 4.88. The number of amides is 1. The lowest BCUT2D eigenvalue weighted by Gasteiger charge is -2.39. The molecular weight excluding hydrogens is 336 g/mol. The minimum Gasteiger partial charge on any atom is -0.333 e. The van der Waals surface area contributed by atoms with Crippen LogP contribution in [0.1, 0.15) is 29.4 Å². The van der Waals surface area contributed by atoms with Crippen molar-refractivity contribution in [3.05, 3.63) is 20.8 Å². The van der Waals surface area contributed by atoms with Crippen LogP contribution in [0.15, 0.2) is 15.9 Å². The van der Waals surface area contributed by atoms with E-state index in [0.29, 0.717) is 12.5 Å². The van der Waals surface area contributed by atoms with E-state index in [-0.39, 0.29) is 24.4 Å². The maximum atomic E-state index is 12.4. The van der Waals surface area contributed by atoms with Gasteiger partial charge < -0.3 is 10.6 Å². The third-order valence-corrected chi connectivity index (χ3v) is 5.01. The summed E-state index contributed by atoms with van der Waals surface area (Å²) in [6.07, 6.45) is 2.25. The largest absolute Gasteiger partial charge is 0.333 e. The first-order valence-corrected chi connectivity index (χ1v) is 7.50. The molecule has 1 aromatic rings. The van der Waals surface area contributed by atoms with E-state index >= 15 is 0 Å². The molecule has 1 aliphatic heterocycles. The first-order chi connectivity index (χ1) is 8.13. The summed E-state index contributed by atoms with van der Waals surface area (Å²) in [5.74, 6) is 0.629. The summed E-state index contributed by atoms with van der Waals surface area (Å²) < 4.78 is 0.996. The van der Waals surface area contributed by atoms with Crippen LogP contribution in [-0.4, -0.2) is 29.9 Å². The molecule has 2 atom stereocenters. The summed E-state index contributed by atoms with van der Waals surface area (Å²) in [6.45, 7) is 3.57. The molecule has 2 N–H and O–H groups in total. The summed E-state index contributed by atoms with van der Waals surface area (Å²) in [4.78, 5) is 15.1. The molecule has 6 heteroatoms. The Labute approximate surface area is 126 Å². The normalized spacial score (nSPS) is 23.6. The highest BCUT2D eigenvalue weighted by molar-refractivity contribution is 9.11. The standard InChI is InChI=1S/C12H17BrN2OS.ClH/c1-8-3-2-6-15(9(8)7-14)12(16)10-4-5-11(13)17-10;/h4-5,8-9H,2-3,6-7,14H2,1H3;1H. The third-order valence-electron chi connectivity index (χ3n) is 3.40. The van der Waals surface area contributed by atoms with Crippen molar-refractivity contribution in [2.45, 2.75) is 25.8 Å². The molecule has 0 spiro atoms. The molecule has 0 radical (unpaired) electrons. The van der Waals surface area contributed by atoms with E-state index in [2.05, 4.69) is 22.9 Å². The molecule has 0 aliphatic carbocycles. The fourth-order valence-corrected chi connectivity index (χ4v) is 3.77. The molecule has 102 valence electrons. The lowest BCUT2D eigenvalue weighted by atomic mass is 9.90. The highest BCUT2D eigenvalue weighted by Crippen LogP contribution is 2.28.